The smallest absolute Gasteiger partial charge is 0.223 e. The fraction of sp³-hybridized carbons (Fsp3) is 0.167. The van der Waals surface area contributed by atoms with E-state index in [2.05, 4.69) is 15.3 Å². The second kappa shape index (κ2) is 5.25. The first-order chi connectivity index (χ1) is 8.28. The van der Waals surface area contributed by atoms with Crippen molar-refractivity contribution in [1.29, 1.82) is 0 Å². The highest BCUT2D eigenvalue weighted by Crippen LogP contribution is 2.09. The van der Waals surface area contributed by atoms with Gasteiger partial charge in [0.05, 0.1) is 19.5 Å². The third kappa shape index (κ3) is 3.14. The van der Waals surface area contributed by atoms with Gasteiger partial charge in [-0.05, 0) is 17.7 Å². The molecule has 1 aromatic heterocycles. The fourth-order valence-corrected chi connectivity index (χ4v) is 1.34. The molecule has 0 spiro atoms. The van der Waals surface area contributed by atoms with Crippen LogP contribution in [0.2, 0.25) is 0 Å². The van der Waals surface area contributed by atoms with Crippen molar-refractivity contribution >= 4 is 5.95 Å². The summed E-state index contributed by atoms with van der Waals surface area (Å²) in [6.45, 7) is 0.476. The summed E-state index contributed by atoms with van der Waals surface area (Å²) >= 11 is 0. The molecular weight excluding hydrogens is 221 g/mol. The largest absolute Gasteiger partial charge is 0.494 e. The molecule has 17 heavy (non-hydrogen) atoms. The van der Waals surface area contributed by atoms with E-state index in [-0.39, 0.29) is 5.82 Å². The molecule has 0 atom stereocenters. The van der Waals surface area contributed by atoms with Crippen molar-refractivity contribution in [3.05, 3.63) is 48.0 Å². The van der Waals surface area contributed by atoms with Gasteiger partial charge in [-0.3, -0.25) is 0 Å². The van der Waals surface area contributed by atoms with Gasteiger partial charge in [0, 0.05) is 6.54 Å². The molecule has 0 aliphatic heterocycles. The lowest BCUT2D eigenvalue weighted by Crippen LogP contribution is -2.03. The number of benzene rings is 1. The number of rotatable bonds is 4. The Morgan fingerprint density at radius 2 is 2.06 bits per heavy atom. The molecule has 0 saturated carbocycles. The Morgan fingerprint density at radius 3 is 2.71 bits per heavy atom. The van der Waals surface area contributed by atoms with Crippen LogP contribution in [0.3, 0.4) is 0 Å². The summed E-state index contributed by atoms with van der Waals surface area (Å²) < 4.78 is 17.9. The number of hydrogen-bond donors (Lipinski definition) is 1. The van der Waals surface area contributed by atoms with E-state index in [1.807, 2.05) is 6.07 Å². The Balaban J connectivity index is 1.97. The number of aromatic nitrogens is 2. The standard InChI is InChI=1S/C12H12FN3O/c1-17-11-7-15-12(16-8-11)14-6-9-3-2-4-10(13)5-9/h2-5,7-8H,6H2,1H3,(H,14,15,16). The Hall–Kier alpha value is -2.17. The van der Waals surface area contributed by atoms with Crippen LogP contribution in [0, 0.1) is 5.82 Å². The number of nitrogens with one attached hydrogen (secondary N) is 1. The zero-order chi connectivity index (χ0) is 12.1. The zero-order valence-electron chi connectivity index (χ0n) is 9.35. The number of halogens is 1. The highest BCUT2D eigenvalue weighted by molar-refractivity contribution is 5.29. The number of methoxy groups -OCH3 is 1. The third-order valence-electron chi connectivity index (χ3n) is 2.20. The normalized spacial score (nSPS) is 10.0. The van der Waals surface area contributed by atoms with Crippen molar-refractivity contribution in [2.45, 2.75) is 6.54 Å². The van der Waals surface area contributed by atoms with Crippen molar-refractivity contribution in [3.63, 3.8) is 0 Å². The molecule has 5 heteroatoms. The molecule has 0 saturated heterocycles. The van der Waals surface area contributed by atoms with E-state index in [0.717, 1.165) is 5.56 Å². The van der Waals surface area contributed by atoms with Crippen LogP contribution in [0.25, 0.3) is 0 Å². The van der Waals surface area contributed by atoms with Crippen LogP contribution in [0.1, 0.15) is 5.56 Å². The third-order valence-corrected chi connectivity index (χ3v) is 2.20. The van der Waals surface area contributed by atoms with E-state index < -0.39 is 0 Å². The van der Waals surface area contributed by atoms with Crippen molar-refractivity contribution in [2.75, 3.05) is 12.4 Å². The number of anilines is 1. The van der Waals surface area contributed by atoms with E-state index in [4.69, 9.17) is 4.74 Å². The summed E-state index contributed by atoms with van der Waals surface area (Å²) in [6.07, 6.45) is 3.14. The Labute approximate surface area is 98.5 Å². The topological polar surface area (TPSA) is 47.0 Å². The van der Waals surface area contributed by atoms with Crippen LogP contribution in [0.5, 0.6) is 5.75 Å². The van der Waals surface area contributed by atoms with Crippen LogP contribution >= 0.6 is 0 Å². The minimum Gasteiger partial charge on any atom is -0.494 e. The maximum absolute atomic E-state index is 12.9. The molecule has 0 bridgehead atoms. The lowest BCUT2D eigenvalue weighted by atomic mass is 10.2. The van der Waals surface area contributed by atoms with Gasteiger partial charge in [-0.25, -0.2) is 14.4 Å². The van der Waals surface area contributed by atoms with Gasteiger partial charge >= 0.3 is 0 Å². The summed E-state index contributed by atoms with van der Waals surface area (Å²) in [5.41, 5.74) is 0.837. The summed E-state index contributed by atoms with van der Waals surface area (Å²) in [4.78, 5) is 8.09. The van der Waals surface area contributed by atoms with Crippen LogP contribution in [0.4, 0.5) is 10.3 Å². The molecule has 1 aromatic carbocycles. The first-order valence-corrected chi connectivity index (χ1v) is 5.12. The van der Waals surface area contributed by atoms with Crippen molar-refractivity contribution in [3.8, 4) is 5.75 Å². The van der Waals surface area contributed by atoms with Gasteiger partial charge in [0.25, 0.3) is 0 Å². The highest BCUT2D eigenvalue weighted by atomic mass is 19.1. The van der Waals surface area contributed by atoms with Crippen molar-refractivity contribution in [2.24, 2.45) is 0 Å². The van der Waals surface area contributed by atoms with Gasteiger partial charge in [-0.2, -0.15) is 0 Å². The molecule has 1 N–H and O–H groups in total. The quantitative estimate of drug-likeness (QED) is 0.879. The average Bonchev–Trinajstić information content (AvgIpc) is 2.37. The molecule has 4 nitrogen and oxygen atoms in total. The Morgan fingerprint density at radius 1 is 1.29 bits per heavy atom. The van der Waals surface area contributed by atoms with Gasteiger partial charge in [0.1, 0.15) is 5.82 Å². The van der Waals surface area contributed by atoms with Gasteiger partial charge in [0.15, 0.2) is 5.75 Å². The lowest BCUT2D eigenvalue weighted by Gasteiger charge is -2.05. The minimum atomic E-state index is -0.250. The first kappa shape index (κ1) is 11.3. The van der Waals surface area contributed by atoms with Gasteiger partial charge in [-0.15, -0.1) is 0 Å². The summed E-state index contributed by atoms with van der Waals surface area (Å²) in [5.74, 6) is 0.830. The second-order valence-electron chi connectivity index (χ2n) is 3.43. The van der Waals surface area contributed by atoms with Gasteiger partial charge in [0.2, 0.25) is 5.95 Å². The Kier molecular flexibility index (Phi) is 3.49. The summed E-state index contributed by atoms with van der Waals surface area (Å²) in [6, 6.07) is 6.38. The summed E-state index contributed by atoms with van der Waals surface area (Å²) in [7, 11) is 1.55. The molecule has 0 unspecified atom stereocenters. The molecule has 0 radical (unpaired) electrons. The monoisotopic (exact) mass is 233 g/mol. The predicted molar refractivity (Wildman–Crippen MR) is 62.3 cm³/mol. The minimum absolute atomic E-state index is 0.250. The van der Waals surface area contributed by atoms with Crippen LogP contribution < -0.4 is 10.1 Å². The fourth-order valence-electron chi connectivity index (χ4n) is 1.34. The van der Waals surface area contributed by atoms with E-state index in [0.29, 0.717) is 18.2 Å². The molecule has 2 aromatic rings. The molecule has 0 aliphatic rings. The number of nitrogens with zero attached hydrogens (tertiary/aromatic N) is 2. The molecule has 1 heterocycles. The zero-order valence-corrected chi connectivity index (χ0v) is 9.35. The molecule has 0 amide bonds. The van der Waals surface area contributed by atoms with Crippen molar-refractivity contribution < 1.29 is 9.13 Å². The maximum atomic E-state index is 12.9. The van der Waals surface area contributed by atoms with E-state index in [9.17, 15) is 4.39 Å². The molecule has 0 aliphatic carbocycles. The van der Waals surface area contributed by atoms with Gasteiger partial charge in [-0.1, -0.05) is 12.1 Å². The van der Waals surface area contributed by atoms with Gasteiger partial charge < -0.3 is 10.1 Å². The molecular formula is C12H12FN3O. The van der Waals surface area contributed by atoms with Crippen LogP contribution in [0.15, 0.2) is 36.7 Å². The highest BCUT2D eigenvalue weighted by Gasteiger charge is 1.98. The van der Waals surface area contributed by atoms with E-state index in [1.54, 1.807) is 25.6 Å². The lowest BCUT2D eigenvalue weighted by molar-refractivity contribution is 0.411. The van der Waals surface area contributed by atoms with Crippen LogP contribution in [-0.2, 0) is 6.54 Å². The number of hydrogen-bond acceptors (Lipinski definition) is 4. The average molecular weight is 233 g/mol. The summed E-state index contributed by atoms with van der Waals surface area (Å²) in [5, 5.41) is 3.00. The van der Waals surface area contributed by atoms with E-state index >= 15 is 0 Å². The number of ether oxygens (including phenoxy) is 1. The SMILES string of the molecule is COc1cnc(NCc2cccc(F)c2)nc1. The molecule has 88 valence electrons. The first-order valence-electron chi connectivity index (χ1n) is 5.12. The van der Waals surface area contributed by atoms with Crippen molar-refractivity contribution in [1.82, 2.24) is 9.97 Å². The Bertz CT molecular complexity index is 487. The predicted octanol–water partition coefficient (Wildman–Crippen LogP) is 2.24. The second-order valence-corrected chi connectivity index (χ2v) is 3.43. The maximum Gasteiger partial charge on any atom is 0.223 e. The van der Waals surface area contributed by atoms with E-state index in [1.165, 1.54) is 12.1 Å². The van der Waals surface area contributed by atoms with Crippen LogP contribution in [-0.4, -0.2) is 17.1 Å². The molecule has 2 rings (SSSR count). The molecule has 0 fully saturated rings.